The molecule has 0 saturated carbocycles. The van der Waals surface area contributed by atoms with Crippen LogP contribution in [-0.4, -0.2) is 22.9 Å². The van der Waals surface area contributed by atoms with Gasteiger partial charge in [-0.25, -0.2) is 0 Å². The number of hydrogen-bond acceptors (Lipinski definition) is 4. The number of nitro groups is 1. The normalized spacial score (nSPS) is 11.2. The maximum Gasteiger partial charge on any atom is 0.273 e. The van der Waals surface area contributed by atoms with Crippen LogP contribution in [0.4, 0.5) is 5.69 Å². The summed E-state index contributed by atoms with van der Waals surface area (Å²) in [5.41, 5.74) is 5.84. The molecule has 1 aromatic carbocycles. The zero-order valence-corrected chi connectivity index (χ0v) is 11.4. The van der Waals surface area contributed by atoms with E-state index in [0.717, 1.165) is 0 Å². The molecule has 104 valence electrons. The molecule has 0 unspecified atom stereocenters. The number of nitrogens with two attached hydrogens (primary N) is 1. The van der Waals surface area contributed by atoms with E-state index in [2.05, 4.69) is 5.32 Å². The van der Waals surface area contributed by atoms with E-state index < -0.39 is 10.5 Å². The number of nitrogens with one attached hydrogen (secondary N) is 1. The third-order valence-electron chi connectivity index (χ3n) is 2.89. The van der Waals surface area contributed by atoms with E-state index in [0.29, 0.717) is 12.0 Å². The highest BCUT2D eigenvalue weighted by atomic mass is 16.6. The van der Waals surface area contributed by atoms with Gasteiger partial charge in [-0.3, -0.25) is 14.9 Å². The minimum atomic E-state index is -0.546. The van der Waals surface area contributed by atoms with Gasteiger partial charge in [-0.05, 0) is 26.3 Å². The van der Waals surface area contributed by atoms with Crippen molar-refractivity contribution in [1.29, 1.82) is 0 Å². The summed E-state index contributed by atoms with van der Waals surface area (Å²) in [7, 11) is 0. The highest BCUT2D eigenvalue weighted by Crippen LogP contribution is 2.21. The van der Waals surface area contributed by atoms with Gasteiger partial charge in [0, 0.05) is 29.3 Å². The van der Waals surface area contributed by atoms with Crippen molar-refractivity contribution in [3.05, 3.63) is 39.4 Å². The Morgan fingerprint density at radius 2 is 2.11 bits per heavy atom. The molecular weight excluding hydrogens is 246 g/mol. The Morgan fingerprint density at radius 3 is 2.58 bits per heavy atom. The highest BCUT2D eigenvalue weighted by Gasteiger charge is 2.21. The molecule has 0 fully saturated rings. The van der Waals surface area contributed by atoms with Crippen molar-refractivity contribution in [2.75, 3.05) is 6.54 Å². The second-order valence-corrected chi connectivity index (χ2v) is 5.00. The smallest absolute Gasteiger partial charge is 0.273 e. The average Bonchev–Trinajstić information content (AvgIpc) is 2.37. The van der Waals surface area contributed by atoms with Crippen LogP contribution in [-0.2, 0) is 6.42 Å². The fraction of sp³-hybridized carbons (Fsp3) is 0.462. The molecule has 1 amide bonds. The van der Waals surface area contributed by atoms with Gasteiger partial charge < -0.3 is 11.1 Å². The molecule has 0 aliphatic carbocycles. The SMILES string of the molecule is CCc1ccc(C(=O)NC(C)(C)CN)cc1[N+](=O)[O-]. The third kappa shape index (κ3) is 3.75. The van der Waals surface area contributed by atoms with Crippen LogP contribution in [0.15, 0.2) is 18.2 Å². The fourth-order valence-corrected chi connectivity index (χ4v) is 1.60. The summed E-state index contributed by atoms with van der Waals surface area (Å²) in [6, 6.07) is 4.51. The Labute approximate surface area is 112 Å². The van der Waals surface area contributed by atoms with Crippen LogP contribution in [0.1, 0.15) is 36.7 Å². The van der Waals surface area contributed by atoms with Crippen LogP contribution >= 0.6 is 0 Å². The molecule has 0 atom stereocenters. The molecule has 3 N–H and O–H groups in total. The second-order valence-electron chi connectivity index (χ2n) is 5.00. The zero-order chi connectivity index (χ0) is 14.6. The molecule has 0 aliphatic heterocycles. The van der Waals surface area contributed by atoms with E-state index in [4.69, 9.17) is 5.73 Å². The number of carbonyl (C=O) groups is 1. The number of amides is 1. The minimum absolute atomic E-state index is 0.0271. The molecule has 19 heavy (non-hydrogen) atoms. The molecule has 0 spiro atoms. The van der Waals surface area contributed by atoms with E-state index >= 15 is 0 Å². The standard InChI is InChI=1S/C13H19N3O3/c1-4-9-5-6-10(7-11(9)16(18)19)12(17)15-13(2,3)8-14/h5-7H,4,8,14H2,1-3H3,(H,15,17). The van der Waals surface area contributed by atoms with E-state index in [1.54, 1.807) is 26.0 Å². The van der Waals surface area contributed by atoms with Gasteiger partial charge in [0.1, 0.15) is 0 Å². The van der Waals surface area contributed by atoms with Crippen molar-refractivity contribution in [3.8, 4) is 0 Å². The van der Waals surface area contributed by atoms with Crippen molar-refractivity contribution >= 4 is 11.6 Å². The lowest BCUT2D eigenvalue weighted by molar-refractivity contribution is -0.385. The summed E-state index contributed by atoms with van der Waals surface area (Å²) in [6.07, 6.45) is 0.548. The molecule has 6 nitrogen and oxygen atoms in total. The number of benzene rings is 1. The summed E-state index contributed by atoms with van der Waals surface area (Å²) in [5.74, 6) is -0.360. The molecule has 1 rings (SSSR count). The molecule has 6 heteroatoms. The third-order valence-corrected chi connectivity index (χ3v) is 2.89. The molecule has 0 heterocycles. The topological polar surface area (TPSA) is 98.3 Å². The van der Waals surface area contributed by atoms with Gasteiger partial charge in [0.05, 0.1) is 4.92 Å². The van der Waals surface area contributed by atoms with Crippen molar-refractivity contribution in [2.24, 2.45) is 5.73 Å². The van der Waals surface area contributed by atoms with Crippen LogP contribution in [0.25, 0.3) is 0 Å². The summed E-state index contributed by atoms with van der Waals surface area (Å²) < 4.78 is 0. The fourth-order valence-electron chi connectivity index (χ4n) is 1.60. The van der Waals surface area contributed by atoms with Crippen LogP contribution in [0.2, 0.25) is 0 Å². The van der Waals surface area contributed by atoms with Crippen molar-refractivity contribution in [3.63, 3.8) is 0 Å². The summed E-state index contributed by atoms with van der Waals surface area (Å²) in [6.45, 7) is 5.70. The number of hydrogen-bond donors (Lipinski definition) is 2. The Bertz CT molecular complexity index is 498. The van der Waals surface area contributed by atoms with E-state index in [-0.39, 0.29) is 23.7 Å². The van der Waals surface area contributed by atoms with Gasteiger partial charge in [-0.15, -0.1) is 0 Å². The highest BCUT2D eigenvalue weighted by molar-refractivity contribution is 5.95. The van der Waals surface area contributed by atoms with Gasteiger partial charge >= 0.3 is 0 Å². The molecular formula is C13H19N3O3. The van der Waals surface area contributed by atoms with E-state index in [1.807, 2.05) is 6.92 Å². The average molecular weight is 265 g/mol. The first kappa shape index (κ1) is 15.1. The number of nitro benzene ring substituents is 1. The Balaban J connectivity index is 3.06. The predicted octanol–water partition coefficient (Wildman–Crippen LogP) is 1.62. The quantitative estimate of drug-likeness (QED) is 0.624. The Kier molecular flexibility index (Phi) is 4.61. The molecule has 0 bridgehead atoms. The van der Waals surface area contributed by atoms with E-state index in [9.17, 15) is 14.9 Å². The van der Waals surface area contributed by atoms with Gasteiger partial charge in [0.25, 0.3) is 11.6 Å². The molecule has 0 saturated heterocycles. The monoisotopic (exact) mass is 265 g/mol. The number of nitrogens with zero attached hydrogens (tertiary/aromatic N) is 1. The first-order chi connectivity index (χ1) is 8.80. The molecule has 0 radical (unpaired) electrons. The summed E-state index contributed by atoms with van der Waals surface area (Å²) in [5, 5.41) is 13.7. The minimum Gasteiger partial charge on any atom is -0.346 e. The van der Waals surface area contributed by atoms with Crippen molar-refractivity contribution in [2.45, 2.75) is 32.7 Å². The summed E-state index contributed by atoms with van der Waals surface area (Å²) in [4.78, 5) is 22.5. The van der Waals surface area contributed by atoms with Gasteiger partial charge in [0.15, 0.2) is 0 Å². The van der Waals surface area contributed by atoms with Crippen molar-refractivity contribution in [1.82, 2.24) is 5.32 Å². The lowest BCUT2D eigenvalue weighted by Crippen LogP contribution is -2.48. The molecule has 0 aromatic heterocycles. The van der Waals surface area contributed by atoms with Crippen LogP contribution in [0.5, 0.6) is 0 Å². The van der Waals surface area contributed by atoms with Gasteiger partial charge in [-0.1, -0.05) is 13.0 Å². The maximum atomic E-state index is 12.0. The lowest BCUT2D eigenvalue weighted by Gasteiger charge is -2.24. The summed E-state index contributed by atoms with van der Waals surface area (Å²) >= 11 is 0. The van der Waals surface area contributed by atoms with Gasteiger partial charge in [-0.2, -0.15) is 0 Å². The van der Waals surface area contributed by atoms with Crippen LogP contribution in [0, 0.1) is 10.1 Å². The zero-order valence-electron chi connectivity index (χ0n) is 11.4. The Hall–Kier alpha value is -1.95. The van der Waals surface area contributed by atoms with E-state index in [1.165, 1.54) is 6.07 Å². The second kappa shape index (κ2) is 5.79. The largest absolute Gasteiger partial charge is 0.346 e. The first-order valence-corrected chi connectivity index (χ1v) is 6.10. The Morgan fingerprint density at radius 1 is 1.47 bits per heavy atom. The molecule has 0 aliphatic rings. The predicted molar refractivity (Wildman–Crippen MR) is 73.1 cm³/mol. The van der Waals surface area contributed by atoms with Gasteiger partial charge in [0.2, 0.25) is 0 Å². The maximum absolute atomic E-state index is 12.0. The first-order valence-electron chi connectivity index (χ1n) is 6.10. The van der Waals surface area contributed by atoms with Crippen LogP contribution < -0.4 is 11.1 Å². The number of carbonyl (C=O) groups excluding carboxylic acids is 1. The van der Waals surface area contributed by atoms with Crippen molar-refractivity contribution < 1.29 is 9.72 Å². The number of rotatable bonds is 5. The van der Waals surface area contributed by atoms with Crippen LogP contribution in [0.3, 0.4) is 0 Å². The molecule has 1 aromatic rings. The lowest BCUT2D eigenvalue weighted by atomic mass is 10.0. The number of aryl methyl sites for hydroxylation is 1.